The summed E-state index contributed by atoms with van der Waals surface area (Å²) in [5.41, 5.74) is 1.59. The van der Waals surface area contributed by atoms with Gasteiger partial charge in [0.15, 0.2) is 34.4 Å². The number of nitrogens with zero attached hydrogens (tertiary/aromatic N) is 2. The summed E-state index contributed by atoms with van der Waals surface area (Å²) in [5.74, 6) is 0.543. The van der Waals surface area contributed by atoms with Gasteiger partial charge in [0.1, 0.15) is 0 Å². The number of esters is 2. The molecule has 0 fully saturated rings. The highest BCUT2D eigenvalue weighted by Gasteiger charge is 2.34. The maximum atomic E-state index is 14.1. The summed E-state index contributed by atoms with van der Waals surface area (Å²) in [6.45, 7) is 7.12. The van der Waals surface area contributed by atoms with Crippen LogP contribution in [0.15, 0.2) is 55.9 Å². The third-order valence-corrected chi connectivity index (χ3v) is 8.07. The maximum absolute atomic E-state index is 14.1. The summed E-state index contributed by atoms with van der Waals surface area (Å²) in [6, 6.07) is 7.90. The Morgan fingerprint density at radius 1 is 1.09 bits per heavy atom. The van der Waals surface area contributed by atoms with Crippen molar-refractivity contribution in [2.75, 3.05) is 34.5 Å². The first-order valence-electron chi connectivity index (χ1n) is 13.6. The summed E-state index contributed by atoms with van der Waals surface area (Å²) < 4.78 is 35.0. The Balaban J connectivity index is 1.88. The Morgan fingerprint density at radius 3 is 2.45 bits per heavy atom. The molecular weight excluding hydrogens is 656 g/mol. The van der Waals surface area contributed by atoms with E-state index in [1.165, 1.54) is 37.2 Å². The molecule has 0 spiro atoms. The Hall–Kier alpha value is -4.10. The van der Waals surface area contributed by atoms with Gasteiger partial charge in [-0.15, -0.1) is 0 Å². The molecule has 1 atom stereocenters. The quantitative estimate of drug-likeness (QED) is 0.276. The molecule has 4 rings (SSSR count). The number of fused-ring (bicyclic) bond motifs is 1. The average Bonchev–Trinajstić information content (AvgIpc) is 3.29. The van der Waals surface area contributed by atoms with Gasteiger partial charge in [-0.1, -0.05) is 17.4 Å². The first-order chi connectivity index (χ1) is 21.0. The van der Waals surface area contributed by atoms with E-state index in [1.54, 1.807) is 50.3 Å². The zero-order chi connectivity index (χ0) is 32.1. The lowest BCUT2D eigenvalue weighted by molar-refractivity contribution is -0.143. The van der Waals surface area contributed by atoms with E-state index < -0.39 is 18.0 Å². The minimum absolute atomic E-state index is 0.0863. The molecule has 1 aromatic heterocycles. The van der Waals surface area contributed by atoms with E-state index in [1.807, 2.05) is 13.8 Å². The monoisotopic (exact) mass is 688 g/mol. The van der Waals surface area contributed by atoms with Crippen molar-refractivity contribution < 1.29 is 38.0 Å². The van der Waals surface area contributed by atoms with Crippen LogP contribution in [-0.4, -0.2) is 57.2 Å². The van der Waals surface area contributed by atoms with Gasteiger partial charge in [0.05, 0.1) is 60.4 Å². The van der Waals surface area contributed by atoms with Crippen LogP contribution in [0.5, 0.6) is 23.0 Å². The fraction of sp³-hybridized carbons (Fsp3) is 0.355. The van der Waals surface area contributed by atoms with Gasteiger partial charge in [-0.3, -0.25) is 9.36 Å². The van der Waals surface area contributed by atoms with E-state index in [-0.39, 0.29) is 30.5 Å². The summed E-state index contributed by atoms with van der Waals surface area (Å²) in [4.78, 5) is 43.9. The number of benzene rings is 2. The molecule has 0 aliphatic carbocycles. The molecule has 0 saturated heterocycles. The van der Waals surface area contributed by atoms with Crippen molar-refractivity contribution in [1.29, 1.82) is 0 Å². The maximum Gasteiger partial charge on any atom is 0.343 e. The molecule has 3 aromatic rings. The van der Waals surface area contributed by atoms with Crippen molar-refractivity contribution in [3.63, 3.8) is 0 Å². The lowest BCUT2D eigenvalue weighted by atomic mass is 9.95. The molecule has 1 aliphatic heterocycles. The number of allylic oxidation sites excluding steroid dienone is 1. The predicted molar refractivity (Wildman–Crippen MR) is 167 cm³/mol. The number of hydrogen-bond acceptors (Lipinski definition) is 11. The van der Waals surface area contributed by atoms with Crippen molar-refractivity contribution >= 4 is 45.3 Å². The van der Waals surface area contributed by atoms with Gasteiger partial charge in [0.2, 0.25) is 0 Å². The van der Waals surface area contributed by atoms with E-state index >= 15 is 0 Å². The SMILES string of the molecule is CCOC(=O)C1=C(C)N=c2s/c(=C\c3cc(Br)c(OCC(=O)OC)c(OC)c3)c(=O)n2[C@@H]1c1ccc(OC(C)C)c(OC)c1. The topological polar surface area (TPSA) is 124 Å². The number of methoxy groups -OCH3 is 3. The fourth-order valence-electron chi connectivity index (χ4n) is 4.62. The van der Waals surface area contributed by atoms with E-state index in [9.17, 15) is 14.4 Å². The van der Waals surface area contributed by atoms with E-state index in [0.29, 0.717) is 53.6 Å². The van der Waals surface area contributed by atoms with Crippen molar-refractivity contribution in [2.24, 2.45) is 4.99 Å². The highest BCUT2D eigenvalue weighted by Crippen LogP contribution is 2.38. The lowest BCUT2D eigenvalue weighted by Gasteiger charge is -2.25. The summed E-state index contributed by atoms with van der Waals surface area (Å²) in [5, 5.41) is 0. The highest BCUT2D eigenvalue weighted by atomic mass is 79.9. The van der Waals surface area contributed by atoms with Crippen molar-refractivity contribution in [3.8, 4) is 23.0 Å². The number of ether oxygens (including phenoxy) is 6. The van der Waals surface area contributed by atoms with Gasteiger partial charge in [-0.2, -0.15) is 0 Å². The summed E-state index contributed by atoms with van der Waals surface area (Å²) >= 11 is 4.65. The van der Waals surface area contributed by atoms with Gasteiger partial charge in [0.25, 0.3) is 5.56 Å². The van der Waals surface area contributed by atoms with E-state index in [4.69, 9.17) is 23.7 Å². The van der Waals surface area contributed by atoms with Gasteiger partial charge < -0.3 is 28.4 Å². The van der Waals surface area contributed by atoms with Gasteiger partial charge in [0, 0.05) is 0 Å². The number of halogens is 1. The van der Waals surface area contributed by atoms with Crippen LogP contribution in [0.3, 0.4) is 0 Å². The standard InChI is InChI=1S/C31H33BrN2O9S/c1-8-41-30(37)26-17(4)33-31-34(27(26)19-9-10-21(43-16(2)3)22(14-19)38-5)29(36)24(44-31)13-18-11-20(32)28(23(12-18)39-6)42-15-25(35)40-7/h9-14,16,27H,8,15H2,1-7H3/b24-13-/t27-/m1/s1. The van der Waals surface area contributed by atoms with Crippen molar-refractivity contribution in [1.82, 2.24) is 4.57 Å². The van der Waals surface area contributed by atoms with Crippen LogP contribution in [0.1, 0.15) is 44.9 Å². The van der Waals surface area contributed by atoms with Crippen LogP contribution in [0.2, 0.25) is 0 Å². The summed E-state index contributed by atoms with van der Waals surface area (Å²) in [7, 11) is 4.27. The first kappa shape index (κ1) is 32.8. The fourth-order valence-corrected chi connectivity index (χ4v) is 6.24. The normalized spacial score (nSPS) is 14.6. The van der Waals surface area contributed by atoms with Crippen LogP contribution in [-0.2, 0) is 19.1 Å². The minimum atomic E-state index is -0.829. The Bertz CT molecular complexity index is 1790. The molecule has 0 N–H and O–H groups in total. The van der Waals surface area contributed by atoms with Crippen molar-refractivity contribution in [3.05, 3.63) is 76.9 Å². The predicted octanol–water partition coefficient (Wildman–Crippen LogP) is 3.92. The number of thiazole rings is 1. The second-order valence-electron chi connectivity index (χ2n) is 9.78. The molecule has 44 heavy (non-hydrogen) atoms. The zero-order valence-corrected chi connectivity index (χ0v) is 27.8. The third kappa shape index (κ3) is 6.83. The molecule has 0 saturated carbocycles. The number of aromatic nitrogens is 1. The van der Waals surface area contributed by atoms with E-state index in [2.05, 4.69) is 25.7 Å². The first-order valence-corrected chi connectivity index (χ1v) is 15.2. The van der Waals surface area contributed by atoms with E-state index in [0.717, 1.165) is 0 Å². The zero-order valence-electron chi connectivity index (χ0n) is 25.4. The Kier molecular flexibility index (Phi) is 10.5. The number of carbonyl (C=O) groups is 2. The molecule has 0 amide bonds. The van der Waals surface area contributed by atoms with Crippen LogP contribution >= 0.6 is 27.3 Å². The van der Waals surface area contributed by atoms with Gasteiger partial charge in [-0.25, -0.2) is 14.6 Å². The molecule has 2 heterocycles. The molecule has 0 radical (unpaired) electrons. The molecule has 2 aromatic carbocycles. The van der Waals surface area contributed by atoms with Crippen LogP contribution in [0.25, 0.3) is 6.08 Å². The molecule has 13 heteroatoms. The number of hydrogen-bond donors (Lipinski definition) is 0. The Labute approximate surface area is 266 Å². The summed E-state index contributed by atoms with van der Waals surface area (Å²) in [6.07, 6.45) is 1.61. The Morgan fingerprint density at radius 2 is 1.82 bits per heavy atom. The lowest BCUT2D eigenvalue weighted by Crippen LogP contribution is -2.40. The number of rotatable bonds is 11. The molecule has 0 bridgehead atoms. The molecule has 1 aliphatic rings. The average molecular weight is 690 g/mol. The molecule has 234 valence electrons. The third-order valence-electron chi connectivity index (χ3n) is 6.49. The van der Waals surface area contributed by atoms with Crippen molar-refractivity contribution in [2.45, 2.75) is 39.8 Å². The largest absolute Gasteiger partial charge is 0.493 e. The molecular formula is C31H33BrN2O9S. The molecule has 11 nitrogen and oxygen atoms in total. The van der Waals surface area contributed by atoms with Crippen LogP contribution in [0, 0.1) is 0 Å². The smallest absolute Gasteiger partial charge is 0.343 e. The van der Waals surface area contributed by atoms with Crippen LogP contribution < -0.4 is 33.8 Å². The number of carbonyl (C=O) groups excluding carboxylic acids is 2. The second-order valence-corrected chi connectivity index (χ2v) is 11.6. The van der Waals surface area contributed by atoms with Gasteiger partial charge >= 0.3 is 11.9 Å². The highest BCUT2D eigenvalue weighted by molar-refractivity contribution is 9.10. The van der Waals surface area contributed by atoms with Gasteiger partial charge in [-0.05, 0) is 85.1 Å². The van der Waals surface area contributed by atoms with Crippen LogP contribution in [0.4, 0.5) is 0 Å². The second kappa shape index (κ2) is 14.1. The molecule has 0 unspecified atom stereocenters. The minimum Gasteiger partial charge on any atom is -0.493 e.